The van der Waals surface area contributed by atoms with Crippen LogP contribution in [0, 0.1) is 17.7 Å². The third kappa shape index (κ3) is 8.21. The third-order valence-corrected chi connectivity index (χ3v) is 8.13. The van der Waals surface area contributed by atoms with Gasteiger partial charge in [0.2, 0.25) is 5.91 Å². The Morgan fingerprint density at radius 1 is 1.08 bits per heavy atom. The average molecular weight is 538 g/mol. The lowest BCUT2D eigenvalue weighted by Gasteiger charge is -2.29. The molecule has 0 atom stereocenters. The number of hydrogen-bond donors (Lipinski definition) is 1. The molecule has 1 aromatic carbocycles. The van der Waals surface area contributed by atoms with Crippen molar-refractivity contribution in [3.05, 3.63) is 82.0 Å². The fraction of sp³-hybridized carbons (Fsp3) is 0.483. The molecule has 0 saturated heterocycles. The molecule has 0 radical (unpaired) electrons. The smallest absolute Gasteiger partial charge is 0.277 e. The van der Waals surface area contributed by atoms with Crippen LogP contribution in [0.1, 0.15) is 68.6 Å². The molecule has 1 aliphatic rings. The standard InChI is InChI=1S/C29H36FN5O2S/c1-2-3-4-13-33-27(36)24-9-5-21(6-10-24)17-35-18-25(14-23-15-31-20-32-16-23)28(37)34-29(35)38-19-22-7-11-26(30)12-8-22/h7-8,11-12,15-16,18,20-21,24H,2-6,9-10,13-14,17,19H2,1H3,(H,33,36). The van der Waals surface area contributed by atoms with E-state index >= 15 is 0 Å². The van der Waals surface area contributed by atoms with Crippen LogP contribution in [-0.2, 0) is 23.5 Å². The van der Waals surface area contributed by atoms with E-state index in [1.54, 1.807) is 24.5 Å². The number of nitrogens with zero attached hydrogens (tertiary/aromatic N) is 4. The summed E-state index contributed by atoms with van der Waals surface area (Å²) < 4.78 is 15.4. The van der Waals surface area contributed by atoms with Crippen molar-refractivity contribution in [3.63, 3.8) is 0 Å². The number of unbranched alkanes of at least 4 members (excludes halogenated alkanes) is 2. The van der Waals surface area contributed by atoms with Gasteiger partial charge in [-0.05, 0) is 61.3 Å². The lowest BCUT2D eigenvalue weighted by molar-refractivity contribution is -0.126. The molecule has 7 nitrogen and oxygen atoms in total. The lowest BCUT2D eigenvalue weighted by atomic mass is 9.81. The molecule has 9 heteroatoms. The molecule has 2 heterocycles. The molecule has 202 valence electrons. The largest absolute Gasteiger partial charge is 0.356 e. The number of carbonyl (C=O) groups excluding carboxylic acids is 1. The molecule has 38 heavy (non-hydrogen) atoms. The van der Waals surface area contributed by atoms with Crippen molar-refractivity contribution in [2.75, 3.05) is 6.54 Å². The number of aromatic nitrogens is 4. The Morgan fingerprint density at radius 2 is 1.82 bits per heavy atom. The van der Waals surface area contributed by atoms with Crippen LogP contribution in [0.5, 0.6) is 0 Å². The molecule has 3 aromatic rings. The Balaban J connectivity index is 1.44. The van der Waals surface area contributed by atoms with Gasteiger partial charge in [-0.15, -0.1) is 0 Å². The Labute approximate surface area is 227 Å². The van der Waals surface area contributed by atoms with Crippen molar-refractivity contribution < 1.29 is 9.18 Å². The van der Waals surface area contributed by atoms with Gasteiger partial charge in [0.1, 0.15) is 12.1 Å². The number of thioether (sulfide) groups is 1. The highest BCUT2D eigenvalue weighted by atomic mass is 32.2. The maximum Gasteiger partial charge on any atom is 0.277 e. The van der Waals surface area contributed by atoms with Gasteiger partial charge in [-0.2, -0.15) is 4.98 Å². The van der Waals surface area contributed by atoms with Crippen molar-refractivity contribution in [1.82, 2.24) is 24.8 Å². The zero-order chi connectivity index (χ0) is 26.7. The van der Waals surface area contributed by atoms with Crippen LogP contribution in [0.15, 0.2) is 59.1 Å². The van der Waals surface area contributed by atoms with Gasteiger partial charge in [-0.25, -0.2) is 14.4 Å². The summed E-state index contributed by atoms with van der Waals surface area (Å²) in [7, 11) is 0. The second-order valence-electron chi connectivity index (χ2n) is 10.1. The molecule has 0 bridgehead atoms. The Morgan fingerprint density at radius 3 is 2.53 bits per heavy atom. The van der Waals surface area contributed by atoms with E-state index in [2.05, 4.69) is 31.8 Å². The molecule has 1 fully saturated rings. The second kappa shape index (κ2) is 14.2. The molecular weight excluding hydrogens is 501 g/mol. The number of carbonyl (C=O) groups is 1. The Kier molecular flexibility index (Phi) is 10.4. The molecule has 1 aliphatic carbocycles. The summed E-state index contributed by atoms with van der Waals surface area (Å²) in [5.74, 6) is 0.993. The summed E-state index contributed by atoms with van der Waals surface area (Å²) in [4.78, 5) is 38.1. The van der Waals surface area contributed by atoms with E-state index in [0.29, 0.717) is 28.8 Å². The van der Waals surface area contributed by atoms with Crippen LogP contribution in [0.4, 0.5) is 4.39 Å². The predicted octanol–water partition coefficient (Wildman–Crippen LogP) is 5.17. The number of halogens is 1. The minimum absolute atomic E-state index is 0.0842. The van der Waals surface area contributed by atoms with Crippen molar-refractivity contribution in [1.29, 1.82) is 0 Å². The third-order valence-electron chi connectivity index (χ3n) is 7.07. The Hall–Kier alpha value is -3.07. The van der Waals surface area contributed by atoms with E-state index in [1.807, 2.05) is 6.20 Å². The van der Waals surface area contributed by atoms with E-state index in [9.17, 15) is 14.0 Å². The maximum absolute atomic E-state index is 13.3. The first-order valence-electron chi connectivity index (χ1n) is 13.5. The number of benzene rings is 1. The van der Waals surface area contributed by atoms with Crippen molar-refractivity contribution in [2.24, 2.45) is 11.8 Å². The van der Waals surface area contributed by atoms with E-state index in [-0.39, 0.29) is 23.2 Å². The molecule has 2 aromatic heterocycles. The van der Waals surface area contributed by atoms with E-state index in [4.69, 9.17) is 0 Å². The molecule has 1 N–H and O–H groups in total. The first-order chi connectivity index (χ1) is 18.5. The van der Waals surface area contributed by atoms with Crippen LogP contribution < -0.4 is 10.9 Å². The summed E-state index contributed by atoms with van der Waals surface area (Å²) in [5.41, 5.74) is 2.17. The van der Waals surface area contributed by atoms with Gasteiger partial charge in [0, 0.05) is 55.3 Å². The van der Waals surface area contributed by atoms with Crippen molar-refractivity contribution in [2.45, 2.75) is 75.7 Å². The highest BCUT2D eigenvalue weighted by molar-refractivity contribution is 7.98. The van der Waals surface area contributed by atoms with Crippen LogP contribution in [0.3, 0.4) is 0 Å². The van der Waals surface area contributed by atoms with Gasteiger partial charge in [0.15, 0.2) is 5.16 Å². The SMILES string of the molecule is CCCCCNC(=O)C1CCC(Cn2cc(Cc3cncnc3)c(=O)nc2SCc2ccc(F)cc2)CC1. The van der Waals surface area contributed by atoms with Gasteiger partial charge < -0.3 is 9.88 Å². The highest BCUT2D eigenvalue weighted by Crippen LogP contribution is 2.31. The van der Waals surface area contributed by atoms with Crippen molar-refractivity contribution in [3.8, 4) is 0 Å². The molecule has 1 saturated carbocycles. The molecule has 0 spiro atoms. The fourth-order valence-electron chi connectivity index (χ4n) is 4.87. The summed E-state index contributed by atoms with van der Waals surface area (Å²) in [6, 6.07) is 6.39. The number of amides is 1. The van der Waals surface area contributed by atoms with Crippen molar-refractivity contribution >= 4 is 17.7 Å². The number of rotatable bonds is 12. The minimum atomic E-state index is -0.270. The zero-order valence-corrected chi connectivity index (χ0v) is 22.8. The molecule has 0 aliphatic heterocycles. The summed E-state index contributed by atoms with van der Waals surface area (Å²) in [5, 5.41) is 3.76. The van der Waals surface area contributed by atoms with Gasteiger partial charge in [-0.1, -0.05) is 43.7 Å². The second-order valence-corrected chi connectivity index (χ2v) is 11.0. The zero-order valence-electron chi connectivity index (χ0n) is 21.9. The number of nitrogens with one attached hydrogen (secondary N) is 1. The Bertz CT molecular complexity index is 1230. The van der Waals surface area contributed by atoms with Gasteiger partial charge in [0.25, 0.3) is 5.56 Å². The molecule has 0 unspecified atom stereocenters. The van der Waals surface area contributed by atoms with Crippen LogP contribution in [0.2, 0.25) is 0 Å². The van der Waals surface area contributed by atoms with Gasteiger partial charge in [-0.3, -0.25) is 9.59 Å². The molecular formula is C29H36FN5O2S. The van der Waals surface area contributed by atoms with Crippen LogP contribution in [0.25, 0.3) is 0 Å². The van der Waals surface area contributed by atoms with Crippen LogP contribution in [-0.4, -0.2) is 32.0 Å². The van der Waals surface area contributed by atoms with Gasteiger partial charge >= 0.3 is 0 Å². The van der Waals surface area contributed by atoms with E-state index < -0.39 is 0 Å². The first-order valence-corrected chi connectivity index (χ1v) is 14.5. The quantitative estimate of drug-likeness (QED) is 0.195. The monoisotopic (exact) mass is 537 g/mol. The molecule has 4 rings (SSSR count). The number of hydrogen-bond acceptors (Lipinski definition) is 6. The lowest BCUT2D eigenvalue weighted by Crippen LogP contribution is -2.34. The summed E-state index contributed by atoms with van der Waals surface area (Å²) in [6.45, 7) is 3.66. The maximum atomic E-state index is 13.3. The van der Waals surface area contributed by atoms with Gasteiger partial charge in [0.05, 0.1) is 0 Å². The average Bonchev–Trinajstić information content (AvgIpc) is 2.94. The van der Waals surface area contributed by atoms with E-state index in [0.717, 1.165) is 69.2 Å². The first kappa shape index (κ1) is 28.0. The summed E-state index contributed by atoms with van der Waals surface area (Å²) in [6.07, 6.45) is 14.2. The minimum Gasteiger partial charge on any atom is -0.356 e. The van der Waals surface area contributed by atoms with Crippen LogP contribution >= 0.6 is 11.8 Å². The fourth-order valence-corrected chi connectivity index (χ4v) is 5.80. The predicted molar refractivity (Wildman–Crippen MR) is 147 cm³/mol. The summed E-state index contributed by atoms with van der Waals surface area (Å²) >= 11 is 1.48. The molecule has 1 amide bonds. The normalized spacial score (nSPS) is 17.3. The topological polar surface area (TPSA) is 89.8 Å². The highest BCUT2D eigenvalue weighted by Gasteiger charge is 2.27. The van der Waals surface area contributed by atoms with E-state index in [1.165, 1.54) is 30.2 Å².